The molecule has 6 nitrogen and oxygen atoms in total. The summed E-state index contributed by atoms with van der Waals surface area (Å²) in [5, 5.41) is 2.51. The van der Waals surface area contributed by atoms with E-state index >= 15 is 0 Å². The number of para-hydroxylation sites is 2. The van der Waals surface area contributed by atoms with Gasteiger partial charge in [-0.05, 0) is 12.1 Å². The molecule has 0 aliphatic heterocycles. The van der Waals surface area contributed by atoms with Crippen LogP contribution in [-0.4, -0.2) is 43.8 Å². The van der Waals surface area contributed by atoms with Gasteiger partial charge in [0.05, 0.1) is 12.2 Å². The Balaban J connectivity index is 0.00000484. The minimum Gasteiger partial charge on any atom is -0.404 e. The first kappa shape index (κ1) is 21.3. The van der Waals surface area contributed by atoms with Crippen molar-refractivity contribution in [1.82, 2.24) is 4.90 Å². The third-order valence-corrected chi connectivity index (χ3v) is 2.48. The van der Waals surface area contributed by atoms with Gasteiger partial charge in [-0.2, -0.15) is 0 Å². The second-order valence-corrected chi connectivity index (χ2v) is 4.47. The molecule has 0 aliphatic carbocycles. The Hall–Kier alpha value is -1.72. The summed E-state index contributed by atoms with van der Waals surface area (Å²) in [4.78, 5) is 16.6. The Morgan fingerprint density at radius 2 is 1.96 bits per heavy atom. The average molecular weight is 446 g/mol. The summed E-state index contributed by atoms with van der Waals surface area (Å²) in [6, 6.07) is 5.44. The summed E-state index contributed by atoms with van der Waals surface area (Å²) >= 11 is 0. The van der Waals surface area contributed by atoms with Crippen LogP contribution >= 0.6 is 24.0 Å². The van der Waals surface area contributed by atoms with Gasteiger partial charge in [0.1, 0.15) is 0 Å². The highest BCUT2D eigenvalue weighted by atomic mass is 127. The monoisotopic (exact) mass is 446 g/mol. The van der Waals surface area contributed by atoms with Crippen molar-refractivity contribution >= 4 is 41.5 Å². The van der Waals surface area contributed by atoms with Crippen molar-refractivity contribution in [3.8, 4) is 5.75 Å². The van der Waals surface area contributed by atoms with Crippen molar-refractivity contribution in [3.05, 3.63) is 24.3 Å². The number of hydrogen-bond donors (Lipinski definition) is 2. The highest BCUT2D eigenvalue weighted by molar-refractivity contribution is 14.0. The largest absolute Gasteiger partial charge is 0.573 e. The van der Waals surface area contributed by atoms with Crippen LogP contribution in [0.3, 0.4) is 0 Å². The lowest BCUT2D eigenvalue weighted by atomic mass is 10.3. The fourth-order valence-electron chi connectivity index (χ4n) is 1.46. The first-order valence-corrected chi connectivity index (χ1v) is 6.31. The van der Waals surface area contributed by atoms with Crippen LogP contribution in [0.25, 0.3) is 0 Å². The predicted molar refractivity (Wildman–Crippen MR) is 92.0 cm³/mol. The molecule has 0 aromatic heterocycles. The molecule has 1 rings (SSSR count). The van der Waals surface area contributed by atoms with E-state index < -0.39 is 12.1 Å². The van der Waals surface area contributed by atoms with Gasteiger partial charge < -0.3 is 20.7 Å². The van der Waals surface area contributed by atoms with E-state index in [2.05, 4.69) is 15.0 Å². The van der Waals surface area contributed by atoms with Crippen LogP contribution in [0, 0.1) is 0 Å². The first-order valence-electron chi connectivity index (χ1n) is 6.31. The number of nitrogens with zero attached hydrogens (tertiary/aromatic N) is 2. The van der Waals surface area contributed by atoms with E-state index in [1.54, 1.807) is 14.1 Å². The van der Waals surface area contributed by atoms with Crippen LogP contribution in [-0.2, 0) is 4.79 Å². The quantitative estimate of drug-likeness (QED) is 0.414. The minimum absolute atomic E-state index is 0. The van der Waals surface area contributed by atoms with Crippen LogP contribution in [0.15, 0.2) is 29.3 Å². The number of anilines is 1. The van der Waals surface area contributed by atoms with Crippen LogP contribution in [0.2, 0.25) is 0 Å². The fourth-order valence-corrected chi connectivity index (χ4v) is 1.46. The zero-order valence-electron chi connectivity index (χ0n) is 12.6. The Morgan fingerprint density at radius 3 is 2.52 bits per heavy atom. The smallest absolute Gasteiger partial charge is 0.404 e. The van der Waals surface area contributed by atoms with Crippen molar-refractivity contribution in [1.29, 1.82) is 0 Å². The summed E-state index contributed by atoms with van der Waals surface area (Å²) in [5.41, 5.74) is 5.61. The third-order valence-electron chi connectivity index (χ3n) is 2.48. The van der Waals surface area contributed by atoms with Crippen molar-refractivity contribution in [2.45, 2.75) is 12.8 Å². The van der Waals surface area contributed by atoms with Gasteiger partial charge in [0, 0.05) is 20.5 Å². The molecular weight excluding hydrogens is 428 g/mol. The molecule has 10 heteroatoms. The van der Waals surface area contributed by atoms with E-state index in [9.17, 15) is 18.0 Å². The van der Waals surface area contributed by atoms with E-state index in [1.165, 1.54) is 23.1 Å². The van der Waals surface area contributed by atoms with Crippen LogP contribution in [0.4, 0.5) is 18.9 Å². The van der Waals surface area contributed by atoms with Gasteiger partial charge in [-0.15, -0.1) is 37.1 Å². The van der Waals surface area contributed by atoms with Crippen molar-refractivity contribution in [2.75, 3.05) is 26.0 Å². The van der Waals surface area contributed by atoms with Crippen molar-refractivity contribution in [2.24, 2.45) is 10.7 Å². The molecule has 0 spiro atoms. The van der Waals surface area contributed by atoms with Gasteiger partial charge in [0.15, 0.2) is 11.7 Å². The summed E-state index contributed by atoms with van der Waals surface area (Å²) in [6.07, 6.45) is -4.65. The molecule has 0 aliphatic rings. The van der Waals surface area contributed by atoms with Gasteiger partial charge in [0.2, 0.25) is 5.91 Å². The average Bonchev–Trinajstić information content (AvgIpc) is 2.39. The number of alkyl halides is 3. The maximum atomic E-state index is 12.3. The SMILES string of the molecule is CN(C)C(=O)CCN=C(N)Nc1ccccc1OC(F)(F)F.I. The number of rotatable bonds is 5. The van der Waals surface area contributed by atoms with Crippen LogP contribution in [0.5, 0.6) is 5.75 Å². The molecule has 0 radical (unpaired) electrons. The minimum atomic E-state index is -4.80. The number of benzene rings is 1. The molecule has 0 saturated carbocycles. The number of ether oxygens (including phenoxy) is 1. The zero-order valence-corrected chi connectivity index (χ0v) is 14.9. The van der Waals surface area contributed by atoms with Crippen LogP contribution < -0.4 is 15.8 Å². The molecule has 3 N–H and O–H groups in total. The van der Waals surface area contributed by atoms with Gasteiger partial charge in [0.25, 0.3) is 0 Å². The molecule has 0 bridgehead atoms. The summed E-state index contributed by atoms with van der Waals surface area (Å²) in [5.74, 6) is -0.653. The topological polar surface area (TPSA) is 80.0 Å². The molecular formula is C13H18F3IN4O2. The Bertz CT molecular complexity index is 550. The second kappa shape index (κ2) is 9.43. The van der Waals surface area contributed by atoms with E-state index in [0.717, 1.165) is 6.07 Å². The van der Waals surface area contributed by atoms with E-state index in [4.69, 9.17) is 5.73 Å². The summed E-state index contributed by atoms with van der Waals surface area (Å²) in [6.45, 7) is 0.123. The molecule has 0 unspecified atom stereocenters. The maximum Gasteiger partial charge on any atom is 0.573 e. The number of amides is 1. The van der Waals surface area contributed by atoms with Crippen molar-refractivity contribution < 1.29 is 22.7 Å². The number of halogens is 4. The molecule has 1 aromatic carbocycles. The van der Waals surface area contributed by atoms with E-state index in [-0.39, 0.29) is 54.5 Å². The molecule has 0 heterocycles. The Kier molecular flexibility index (Phi) is 8.72. The maximum absolute atomic E-state index is 12.3. The Labute approximate surface area is 148 Å². The highest BCUT2D eigenvalue weighted by Gasteiger charge is 2.32. The number of hydrogen-bond acceptors (Lipinski definition) is 3. The standard InChI is InChI=1S/C13H17F3N4O2.HI/c1-20(2)11(21)7-8-18-12(17)19-9-5-3-4-6-10(9)22-13(14,15)16;/h3-6H,7-8H2,1-2H3,(H3,17,18,19);1H. The highest BCUT2D eigenvalue weighted by Crippen LogP contribution is 2.29. The lowest BCUT2D eigenvalue weighted by molar-refractivity contribution is -0.274. The number of guanidine groups is 1. The van der Waals surface area contributed by atoms with E-state index in [0.29, 0.717) is 0 Å². The fraction of sp³-hybridized carbons (Fsp3) is 0.385. The number of carbonyl (C=O) groups is 1. The molecule has 0 fully saturated rings. The molecule has 0 atom stereocenters. The van der Waals surface area contributed by atoms with Gasteiger partial charge >= 0.3 is 6.36 Å². The summed E-state index contributed by atoms with van der Waals surface area (Å²) in [7, 11) is 3.22. The molecule has 1 amide bonds. The predicted octanol–water partition coefficient (Wildman–Crippen LogP) is 2.41. The van der Waals surface area contributed by atoms with Crippen LogP contribution in [0.1, 0.15) is 6.42 Å². The summed E-state index contributed by atoms with van der Waals surface area (Å²) < 4.78 is 40.7. The van der Waals surface area contributed by atoms with E-state index in [1.807, 2.05) is 0 Å². The molecule has 23 heavy (non-hydrogen) atoms. The number of aliphatic imine (C=N–C) groups is 1. The third kappa shape index (κ3) is 8.47. The molecule has 0 saturated heterocycles. The van der Waals surface area contributed by atoms with Gasteiger partial charge in [-0.3, -0.25) is 9.79 Å². The van der Waals surface area contributed by atoms with Crippen molar-refractivity contribution in [3.63, 3.8) is 0 Å². The number of carbonyl (C=O) groups excluding carboxylic acids is 1. The van der Waals surface area contributed by atoms with Gasteiger partial charge in [-0.1, -0.05) is 12.1 Å². The lowest BCUT2D eigenvalue weighted by Gasteiger charge is -2.14. The molecule has 130 valence electrons. The zero-order chi connectivity index (χ0) is 16.8. The molecule has 1 aromatic rings. The number of nitrogens with two attached hydrogens (primary N) is 1. The second-order valence-electron chi connectivity index (χ2n) is 4.47. The lowest BCUT2D eigenvalue weighted by Crippen LogP contribution is -2.26. The Morgan fingerprint density at radius 1 is 1.35 bits per heavy atom. The normalized spacial score (nSPS) is 11.4. The van der Waals surface area contributed by atoms with Gasteiger partial charge in [-0.25, -0.2) is 0 Å². The number of nitrogens with one attached hydrogen (secondary N) is 1. The first-order chi connectivity index (χ1) is 10.2.